The number of aliphatic hydroxyl groups excluding tert-OH is 1. The van der Waals surface area contributed by atoms with E-state index in [1.807, 2.05) is 0 Å². The van der Waals surface area contributed by atoms with E-state index in [1.54, 1.807) is 12.1 Å². The number of benzene rings is 1. The number of nitrogens with zero attached hydrogens (tertiary/aromatic N) is 3. The molecule has 3 aromatic rings. The molecule has 0 amide bonds. The zero-order valence-electron chi connectivity index (χ0n) is 10.5. The number of fused-ring (bicyclic) bond motifs is 1. The van der Waals surface area contributed by atoms with Gasteiger partial charge in [-0.2, -0.15) is 0 Å². The first-order valence-electron chi connectivity index (χ1n) is 5.95. The number of imidazole rings is 1. The Kier molecular flexibility index (Phi) is 3.37. The minimum atomic E-state index is -0.891. The Bertz CT molecular complexity index is 759. The molecular weight excluding hydrogens is 279 g/mol. The normalized spacial score (nSPS) is 12.8. The van der Waals surface area contributed by atoms with Gasteiger partial charge in [-0.05, 0) is 19.1 Å². The molecule has 1 aromatic carbocycles. The molecule has 0 saturated carbocycles. The van der Waals surface area contributed by atoms with Crippen LogP contribution in [0.15, 0.2) is 40.8 Å². The second-order valence-corrected chi connectivity index (χ2v) is 5.24. The van der Waals surface area contributed by atoms with Gasteiger partial charge in [0.25, 0.3) is 0 Å². The smallest absolute Gasteiger partial charge is 0.181 e. The van der Waals surface area contributed by atoms with Gasteiger partial charge >= 0.3 is 0 Å². The van der Waals surface area contributed by atoms with Crippen molar-refractivity contribution in [3.05, 3.63) is 42.2 Å². The van der Waals surface area contributed by atoms with Crippen LogP contribution < -0.4 is 0 Å². The highest BCUT2D eigenvalue weighted by Crippen LogP contribution is 2.35. The van der Waals surface area contributed by atoms with Crippen molar-refractivity contribution < 1.29 is 9.50 Å². The van der Waals surface area contributed by atoms with E-state index in [9.17, 15) is 9.50 Å². The Balaban J connectivity index is 2.08. The monoisotopic (exact) mass is 290 g/mol. The molecule has 0 radical (unpaired) electrons. The van der Waals surface area contributed by atoms with Crippen molar-refractivity contribution in [2.75, 3.05) is 0 Å². The molecule has 0 aliphatic carbocycles. The average molecular weight is 290 g/mol. The Hall–Kier alpha value is -1.99. The van der Waals surface area contributed by atoms with E-state index in [-0.39, 0.29) is 5.56 Å². The van der Waals surface area contributed by atoms with Crippen molar-refractivity contribution in [2.24, 2.45) is 0 Å². The van der Waals surface area contributed by atoms with Crippen LogP contribution in [-0.2, 0) is 0 Å². The number of aromatic amines is 1. The lowest BCUT2D eigenvalue weighted by Gasteiger charge is -2.12. The molecule has 2 heterocycles. The third-order valence-electron chi connectivity index (χ3n) is 2.83. The third-order valence-corrected chi connectivity index (χ3v) is 3.90. The Morgan fingerprint density at radius 3 is 2.95 bits per heavy atom. The van der Waals surface area contributed by atoms with E-state index in [0.717, 1.165) is 0 Å². The molecule has 0 unspecified atom stereocenters. The lowest BCUT2D eigenvalue weighted by atomic mass is 10.1. The average Bonchev–Trinajstić information content (AvgIpc) is 2.87. The standard InChI is InChI=1S/C13H11FN4OS/c1-7(19)10-8(14)3-2-4-9(10)20-13-11-12(16-5-15-11)17-6-18-13/h2-7,19H,1H3,(H,15,16,17,18)/t7-/m1/s1. The Labute approximate surface area is 118 Å². The van der Waals surface area contributed by atoms with Gasteiger partial charge in [0.05, 0.1) is 12.4 Å². The fourth-order valence-corrected chi connectivity index (χ4v) is 3.02. The maximum absolute atomic E-state index is 13.8. The predicted molar refractivity (Wildman–Crippen MR) is 72.8 cm³/mol. The van der Waals surface area contributed by atoms with Crippen molar-refractivity contribution >= 4 is 22.9 Å². The van der Waals surface area contributed by atoms with Crippen LogP contribution in [0.3, 0.4) is 0 Å². The van der Waals surface area contributed by atoms with Crippen LogP contribution in [0.25, 0.3) is 11.2 Å². The molecule has 7 heteroatoms. The van der Waals surface area contributed by atoms with Gasteiger partial charge in [-0.1, -0.05) is 17.8 Å². The van der Waals surface area contributed by atoms with Crippen LogP contribution in [0.5, 0.6) is 0 Å². The lowest BCUT2D eigenvalue weighted by Crippen LogP contribution is -1.99. The van der Waals surface area contributed by atoms with Crippen LogP contribution in [-0.4, -0.2) is 25.0 Å². The first-order valence-corrected chi connectivity index (χ1v) is 6.77. The van der Waals surface area contributed by atoms with Crippen LogP contribution in [0.4, 0.5) is 4.39 Å². The number of hydrogen-bond acceptors (Lipinski definition) is 5. The minimum Gasteiger partial charge on any atom is -0.389 e. The summed E-state index contributed by atoms with van der Waals surface area (Å²) in [5.41, 5.74) is 1.51. The summed E-state index contributed by atoms with van der Waals surface area (Å²) in [7, 11) is 0. The van der Waals surface area contributed by atoms with Crippen LogP contribution in [0.1, 0.15) is 18.6 Å². The molecule has 0 saturated heterocycles. The number of halogens is 1. The number of hydrogen-bond donors (Lipinski definition) is 2. The summed E-state index contributed by atoms with van der Waals surface area (Å²) in [6.45, 7) is 1.54. The van der Waals surface area contributed by atoms with Gasteiger partial charge in [-0.15, -0.1) is 0 Å². The van der Waals surface area contributed by atoms with E-state index >= 15 is 0 Å². The van der Waals surface area contributed by atoms with Gasteiger partial charge < -0.3 is 10.1 Å². The molecule has 1 atom stereocenters. The second-order valence-electron chi connectivity index (χ2n) is 4.21. The number of nitrogens with one attached hydrogen (secondary N) is 1. The zero-order chi connectivity index (χ0) is 14.1. The molecule has 102 valence electrons. The molecule has 0 aliphatic heterocycles. The maximum Gasteiger partial charge on any atom is 0.181 e. The predicted octanol–water partition coefficient (Wildman–Crippen LogP) is 2.70. The quantitative estimate of drug-likeness (QED) is 0.725. The second kappa shape index (κ2) is 5.18. The highest BCUT2D eigenvalue weighted by Gasteiger charge is 2.16. The van der Waals surface area contributed by atoms with Crippen molar-refractivity contribution in [3.8, 4) is 0 Å². The Morgan fingerprint density at radius 1 is 1.30 bits per heavy atom. The largest absolute Gasteiger partial charge is 0.389 e. The molecule has 3 rings (SSSR count). The zero-order valence-corrected chi connectivity index (χ0v) is 11.4. The van der Waals surface area contributed by atoms with Crippen molar-refractivity contribution in [1.29, 1.82) is 0 Å². The molecule has 0 bridgehead atoms. The summed E-state index contributed by atoms with van der Waals surface area (Å²) in [6, 6.07) is 4.69. The molecule has 2 aromatic heterocycles. The molecule has 2 N–H and O–H groups in total. The Morgan fingerprint density at radius 2 is 2.15 bits per heavy atom. The summed E-state index contributed by atoms with van der Waals surface area (Å²) in [5.74, 6) is -0.431. The van der Waals surface area contributed by atoms with Crippen molar-refractivity contribution in [1.82, 2.24) is 19.9 Å². The fraction of sp³-hybridized carbons (Fsp3) is 0.154. The van der Waals surface area contributed by atoms with E-state index < -0.39 is 11.9 Å². The van der Waals surface area contributed by atoms with Gasteiger partial charge in [-0.25, -0.2) is 19.3 Å². The maximum atomic E-state index is 13.8. The highest BCUT2D eigenvalue weighted by molar-refractivity contribution is 7.99. The molecule has 20 heavy (non-hydrogen) atoms. The van der Waals surface area contributed by atoms with E-state index in [2.05, 4.69) is 19.9 Å². The summed E-state index contributed by atoms with van der Waals surface area (Å²) in [5, 5.41) is 10.4. The van der Waals surface area contributed by atoms with E-state index in [0.29, 0.717) is 21.1 Å². The molecule has 0 fully saturated rings. The van der Waals surface area contributed by atoms with Crippen LogP contribution in [0.2, 0.25) is 0 Å². The lowest BCUT2D eigenvalue weighted by molar-refractivity contribution is 0.191. The minimum absolute atomic E-state index is 0.267. The van der Waals surface area contributed by atoms with E-state index in [1.165, 1.54) is 37.4 Å². The van der Waals surface area contributed by atoms with Crippen LogP contribution in [0, 0.1) is 5.82 Å². The SMILES string of the molecule is C[C@@H](O)c1c(F)cccc1Sc1ncnc2nc[nH]c12. The first-order chi connectivity index (χ1) is 9.66. The van der Waals surface area contributed by atoms with Gasteiger partial charge in [0.15, 0.2) is 5.65 Å². The number of aliphatic hydroxyl groups is 1. The third kappa shape index (κ3) is 2.25. The topological polar surface area (TPSA) is 74.7 Å². The summed E-state index contributed by atoms with van der Waals surface area (Å²) >= 11 is 1.27. The fourth-order valence-electron chi connectivity index (χ4n) is 1.94. The van der Waals surface area contributed by atoms with Gasteiger partial charge in [0, 0.05) is 10.5 Å². The van der Waals surface area contributed by atoms with Gasteiger partial charge in [-0.3, -0.25) is 0 Å². The number of H-pyrrole nitrogens is 1. The summed E-state index contributed by atoms with van der Waals surface area (Å²) in [6.07, 6.45) is 2.05. The highest BCUT2D eigenvalue weighted by atomic mass is 32.2. The van der Waals surface area contributed by atoms with Crippen molar-refractivity contribution in [3.63, 3.8) is 0 Å². The molecule has 5 nitrogen and oxygen atoms in total. The molecule has 0 aliphatic rings. The van der Waals surface area contributed by atoms with Crippen LogP contribution >= 0.6 is 11.8 Å². The molecular formula is C13H11FN4OS. The summed E-state index contributed by atoms with van der Waals surface area (Å²) in [4.78, 5) is 15.8. The van der Waals surface area contributed by atoms with Gasteiger partial charge in [0.2, 0.25) is 0 Å². The number of rotatable bonds is 3. The number of aromatic nitrogens is 4. The van der Waals surface area contributed by atoms with E-state index in [4.69, 9.17) is 0 Å². The van der Waals surface area contributed by atoms with Crippen molar-refractivity contribution in [2.45, 2.75) is 22.9 Å². The first kappa shape index (κ1) is 13.0. The van der Waals surface area contributed by atoms with Gasteiger partial charge in [0.1, 0.15) is 22.7 Å². The summed E-state index contributed by atoms with van der Waals surface area (Å²) < 4.78 is 13.8. The molecule has 0 spiro atoms.